The highest BCUT2D eigenvalue weighted by molar-refractivity contribution is 7.22. The third-order valence-corrected chi connectivity index (χ3v) is 5.84. The summed E-state index contributed by atoms with van der Waals surface area (Å²) in [5.74, 6) is -0.375. The van der Waals surface area contributed by atoms with Crippen molar-refractivity contribution < 1.29 is 9.18 Å². The van der Waals surface area contributed by atoms with Crippen molar-refractivity contribution in [3.05, 3.63) is 59.4 Å². The summed E-state index contributed by atoms with van der Waals surface area (Å²) >= 11 is 1.35. The van der Waals surface area contributed by atoms with E-state index in [1.54, 1.807) is 11.0 Å². The van der Waals surface area contributed by atoms with Crippen LogP contribution >= 0.6 is 11.3 Å². The lowest BCUT2D eigenvalue weighted by Gasteiger charge is -2.22. The van der Waals surface area contributed by atoms with Crippen molar-refractivity contribution in [3.8, 4) is 0 Å². The first-order valence-electron chi connectivity index (χ1n) is 9.78. The smallest absolute Gasteiger partial charge is 0.260 e. The fourth-order valence-electron chi connectivity index (χ4n) is 3.10. The summed E-state index contributed by atoms with van der Waals surface area (Å²) in [6.07, 6.45) is 0.823. The monoisotopic (exact) mass is 413 g/mol. The molecule has 0 spiro atoms. The van der Waals surface area contributed by atoms with Crippen molar-refractivity contribution in [2.24, 2.45) is 0 Å². The first-order valence-corrected chi connectivity index (χ1v) is 10.6. The van der Waals surface area contributed by atoms with E-state index in [1.165, 1.54) is 29.0 Å². The maximum absolute atomic E-state index is 13.6. The Kier molecular flexibility index (Phi) is 6.34. The quantitative estimate of drug-likeness (QED) is 0.548. The average Bonchev–Trinajstić information content (AvgIpc) is 3.06. The zero-order chi connectivity index (χ0) is 21.2. The van der Waals surface area contributed by atoms with Gasteiger partial charge in [-0.2, -0.15) is 0 Å². The molecule has 2 aromatic carbocycles. The van der Waals surface area contributed by atoms with E-state index < -0.39 is 0 Å². The topological polar surface area (TPSA) is 36.4 Å². The van der Waals surface area contributed by atoms with E-state index in [1.807, 2.05) is 38.4 Å². The molecular formula is C23H28FN3OS. The van der Waals surface area contributed by atoms with Gasteiger partial charge in [0.2, 0.25) is 0 Å². The number of thiazole rings is 1. The lowest BCUT2D eigenvalue weighted by atomic mass is 9.86. The molecule has 1 heterocycles. The summed E-state index contributed by atoms with van der Waals surface area (Å²) in [5.41, 5.74) is 2.56. The van der Waals surface area contributed by atoms with E-state index in [0.29, 0.717) is 22.8 Å². The van der Waals surface area contributed by atoms with Crippen LogP contribution in [0.2, 0.25) is 0 Å². The Morgan fingerprint density at radius 1 is 1.07 bits per heavy atom. The Morgan fingerprint density at radius 2 is 1.76 bits per heavy atom. The highest BCUT2D eigenvalue weighted by Gasteiger charge is 2.22. The average molecular weight is 414 g/mol. The van der Waals surface area contributed by atoms with Crippen LogP contribution in [0.3, 0.4) is 0 Å². The molecule has 3 aromatic rings. The van der Waals surface area contributed by atoms with Crippen molar-refractivity contribution in [3.63, 3.8) is 0 Å². The molecule has 0 fully saturated rings. The highest BCUT2D eigenvalue weighted by atomic mass is 32.1. The fourth-order valence-corrected chi connectivity index (χ4v) is 4.11. The van der Waals surface area contributed by atoms with Crippen molar-refractivity contribution >= 4 is 32.6 Å². The summed E-state index contributed by atoms with van der Waals surface area (Å²) in [4.78, 5) is 21.7. The predicted octanol–water partition coefficient (Wildman–Crippen LogP) is 5.33. The van der Waals surface area contributed by atoms with Gasteiger partial charge in [-0.25, -0.2) is 9.37 Å². The first-order chi connectivity index (χ1) is 13.6. The number of fused-ring (bicyclic) bond motifs is 1. The number of amides is 1. The van der Waals surface area contributed by atoms with Gasteiger partial charge >= 0.3 is 0 Å². The van der Waals surface area contributed by atoms with E-state index >= 15 is 0 Å². The van der Waals surface area contributed by atoms with Gasteiger partial charge in [-0.1, -0.05) is 44.2 Å². The second-order valence-corrected chi connectivity index (χ2v) is 9.56. The molecule has 0 radical (unpaired) electrons. The Labute approximate surface area is 176 Å². The van der Waals surface area contributed by atoms with E-state index in [0.717, 1.165) is 17.7 Å². The molecule has 0 aliphatic heterocycles. The molecule has 29 heavy (non-hydrogen) atoms. The maximum Gasteiger partial charge on any atom is 0.260 e. The zero-order valence-electron chi connectivity index (χ0n) is 17.7. The highest BCUT2D eigenvalue weighted by Crippen LogP contribution is 2.31. The molecular weight excluding hydrogens is 385 g/mol. The normalized spacial score (nSPS) is 12.0. The van der Waals surface area contributed by atoms with E-state index in [4.69, 9.17) is 0 Å². The van der Waals surface area contributed by atoms with Gasteiger partial charge < -0.3 is 4.90 Å². The zero-order valence-corrected chi connectivity index (χ0v) is 18.5. The van der Waals surface area contributed by atoms with Crippen LogP contribution in [0.5, 0.6) is 0 Å². The van der Waals surface area contributed by atoms with Gasteiger partial charge in [0.1, 0.15) is 5.82 Å². The van der Waals surface area contributed by atoms with Crippen LogP contribution in [0.4, 0.5) is 9.52 Å². The predicted molar refractivity (Wildman–Crippen MR) is 120 cm³/mol. The summed E-state index contributed by atoms with van der Waals surface area (Å²) in [6, 6.07) is 12.3. The largest absolute Gasteiger partial charge is 0.309 e. The number of rotatable bonds is 6. The van der Waals surface area contributed by atoms with Crippen LogP contribution in [-0.4, -0.2) is 43.0 Å². The van der Waals surface area contributed by atoms with Gasteiger partial charge in [-0.15, -0.1) is 0 Å². The molecule has 4 nitrogen and oxygen atoms in total. The van der Waals surface area contributed by atoms with Crippen molar-refractivity contribution in [2.45, 2.75) is 32.6 Å². The van der Waals surface area contributed by atoms with Crippen LogP contribution in [0.25, 0.3) is 10.2 Å². The van der Waals surface area contributed by atoms with Gasteiger partial charge in [-0.05, 0) is 68.4 Å². The first kappa shape index (κ1) is 21.4. The van der Waals surface area contributed by atoms with Crippen LogP contribution < -0.4 is 4.90 Å². The number of aromatic nitrogens is 1. The van der Waals surface area contributed by atoms with E-state index in [9.17, 15) is 9.18 Å². The number of anilines is 1. The molecule has 6 heteroatoms. The number of benzene rings is 2. The molecule has 0 aliphatic rings. The van der Waals surface area contributed by atoms with Crippen LogP contribution in [0, 0.1) is 5.82 Å². The Hall–Kier alpha value is -2.31. The van der Waals surface area contributed by atoms with Gasteiger partial charge in [-0.3, -0.25) is 9.69 Å². The molecule has 0 N–H and O–H groups in total. The Morgan fingerprint density at radius 3 is 2.38 bits per heavy atom. The Balaban J connectivity index is 1.92. The number of hydrogen-bond donors (Lipinski definition) is 0. The molecule has 0 unspecified atom stereocenters. The standard InChI is InChI=1S/C23H28FN3OS/c1-23(2,3)17-9-7-16(8-10-17)21(28)27(14-6-13-26(4)5)22-25-19-12-11-18(24)15-20(19)29-22/h7-12,15H,6,13-14H2,1-5H3. The minimum atomic E-state index is -0.295. The lowest BCUT2D eigenvalue weighted by molar-refractivity contribution is 0.0986. The van der Waals surface area contributed by atoms with E-state index in [2.05, 4.69) is 30.7 Å². The fraction of sp³-hybridized carbons (Fsp3) is 0.391. The lowest BCUT2D eigenvalue weighted by Crippen LogP contribution is -2.33. The summed E-state index contributed by atoms with van der Waals surface area (Å²) in [6.45, 7) is 7.87. The molecule has 1 amide bonds. The third-order valence-electron chi connectivity index (χ3n) is 4.80. The summed E-state index contributed by atoms with van der Waals surface area (Å²) < 4.78 is 14.3. The number of halogens is 1. The summed E-state index contributed by atoms with van der Waals surface area (Å²) in [5, 5.41) is 0.606. The second kappa shape index (κ2) is 8.59. The number of nitrogens with zero attached hydrogens (tertiary/aromatic N) is 3. The molecule has 3 rings (SSSR count). The van der Waals surface area contributed by atoms with Crippen LogP contribution in [-0.2, 0) is 5.41 Å². The van der Waals surface area contributed by atoms with Gasteiger partial charge in [0.25, 0.3) is 5.91 Å². The number of carbonyl (C=O) groups excluding carboxylic acids is 1. The second-order valence-electron chi connectivity index (χ2n) is 8.55. The SMILES string of the molecule is CN(C)CCCN(C(=O)c1ccc(C(C)(C)C)cc1)c1nc2ccc(F)cc2s1. The minimum Gasteiger partial charge on any atom is -0.309 e. The summed E-state index contributed by atoms with van der Waals surface area (Å²) in [7, 11) is 4.02. The van der Waals surface area contributed by atoms with Gasteiger partial charge in [0, 0.05) is 12.1 Å². The van der Waals surface area contributed by atoms with Crippen molar-refractivity contribution in [2.75, 3.05) is 32.1 Å². The number of carbonyl (C=O) groups is 1. The van der Waals surface area contributed by atoms with E-state index in [-0.39, 0.29) is 17.1 Å². The molecule has 0 bridgehead atoms. The molecule has 0 atom stereocenters. The third kappa shape index (κ3) is 5.19. The molecule has 1 aromatic heterocycles. The molecule has 0 saturated carbocycles. The minimum absolute atomic E-state index is 0.0318. The Bertz CT molecular complexity index is 990. The van der Waals surface area contributed by atoms with Crippen LogP contribution in [0.15, 0.2) is 42.5 Å². The van der Waals surface area contributed by atoms with Gasteiger partial charge in [0.05, 0.1) is 10.2 Å². The van der Waals surface area contributed by atoms with Crippen LogP contribution in [0.1, 0.15) is 43.1 Å². The van der Waals surface area contributed by atoms with Gasteiger partial charge in [0.15, 0.2) is 5.13 Å². The maximum atomic E-state index is 13.6. The molecule has 0 aliphatic carbocycles. The van der Waals surface area contributed by atoms with Crippen molar-refractivity contribution in [1.82, 2.24) is 9.88 Å². The molecule has 154 valence electrons. The number of hydrogen-bond acceptors (Lipinski definition) is 4. The van der Waals surface area contributed by atoms with Crippen molar-refractivity contribution in [1.29, 1.82) is 0 Å². The molecule has 0 saturated heterocycles.